The zero-order valence-corrected chi connectivity index (χ0v) is 13.3. The van der Waals surface area contributed by atoms with Gasteiger partial charge in [-0.15, -0.1) is 0 Å². The van der Waals surface area contributed by atoms with Gasteiger partial charge in [-0.2, -0.15) is 0 Å². The van der Waals surface area contributed by atoms with E-state index < -0.39 is 21.6 Å². The first-order chi connectivity index (χ1) is 10.8. The zero-order chi connectivity index (χ0) is 17.2. The lowest BCUT2D eigenvalue weighted by Crippen LogP contribution is -2.25. The Bertz CT molecular complexity index is 918. The normalized spacial score (nSPS) is 11.2. The lowest BCUT2D eigenvalue weighted by Gasteiger charge is -2.10. The highest BCUT2D eigenvalue weighted by molar-refractivity contribution is 7.92. The van der Waals surface area contributed by atoms with E-state index in [9.17, 15) is 18.0 Å². The molecule has 2 heterocycles. The number of sulfonamides is 1. The second kappa shape index (κ2) is 6.21. The number of aryl methyl sites for hydroxylation is 2. The van der Waals surface area contributed by atoms with Gasteiger partial charge in [-0.3, -0.25) is 9.52 Å². The van der Waals surface area contributed by atoms with Crippen molar-refractivity contribution >= 4 is 21.7 Å². The lowest BCUT2D eigenvalue weighted by molar-refractivity contribution is 0.0689. The molecule has 0 saturated carbocycles. The predicted octanol–water partition coefficient (Wildman–Crippen LogP) is 1.07. The molecule has 9 heteroatoms. The van der Waals surface area contributed by atoms with Crippen molar-refractivity contribution in [3.05, 3.63) is 52.2 Å². The molecule has 23 heavy (non-hydrogen) atoms. The van der Waals surface area contributed by atoms with Crippen LogP contribution in [0.1, 0.15) is 23.0 Å². The van der Waals surface area contributed by atoms with Gasteiger partial charge in [-0.05, 0) is 37.6 Å². The average molecular weight is 337 g/mol. The molecule has 0 bridgehead atoms. The fourth-order valence-electron chi connectivity index (χ4n) is 1.99. The van der Waals surface area contributed by atoms with Gasteiger partial charge in [0.1, 0.15) is 10.6 Å². The summed E-state index contributed by atoms with van der Waals surface area (Å²) in [5.74, 6) is -1.24. The highest BCUT2D eigenvalue weighted by Gasteiger charge is 2.19. The molecule has 0 aliphatic carbocycles. The number of carbonyl (C=O) groups is 1. The molecule has 8 nitrogen and oxygen atoms in total. The summed E-state index contributed by atoms with van der Waals surface area (Å²) in [5.41, 5.74) is -0.573. The number of nitrogens with one attached hydrogen (secondary N) is 1. The Morgan fingerprint density at radius 3 is 2.70 bits per heavy atom. The number of carboxylic acids is 1. The number of hydrogen-bond acceptors (Lipinski definition) is 5. The second-order valence-corrected chi connectivity index (χ2v) is 6.44. The van der Waals surface area contributed by atoms with E-state index in [0.29, 0.717) is 6.54 Å². The fraction of sp³-hybridized carbons (Fsp3) is 0.214. The van der Waals surface area contributed by atoms with Crippen LogP contribution in [0.3, 0.4) is 0 Å². The summed E-state index contributed by atoms with van der Waals surface area (Å²) in [6.07, 6.45) is 2.49. The van der Waals surface area contributed by atoms with E-state index in [1.807, 2.05) is 0 Å². The minimum atomic E-state index is -4.04. The quantitative estimate of drug-likeness (QED) is 0.842. The van der Waals surface area contributed by atoms with Crippen LogP contribution >= 0.6 is 0 Å². The van der Waals surface area contributed by atoms with Gasteiger partial charge in [0.2, 0.25) is 0 Å². The fourth-order valence-corrected chi connectivity index (χ4v) is 3.07. The molecule has 0 radical (unpaired) electrons. The average Bonchev–Trinajstić information content (AvgIpc) is 2.48. The maximum Gasteiger partial charge on any atom is 0.354 e. The second-order valence-electron chi connectivity index (χ2n) is 4.76. The lowest BCUT2D eigenvalue weighted by atomic mass is 10.2. The molecule has 0 aromatic carbocycles. The van der Waals surface area contributed by atoms with Crippen LogP contribution in [-0.4, -0.2) is 29.0 Å². The first-order valence-corrected chi connectivity index (χ1v) is 8.16. The van der Waals surface area contributed by atoms with E-state index in [1.54, 1.807) is 19.2 Å². The Kier molecular flexibility index (Phi) is 4.50. The van der Waals surface area contributed by atoms with Crippen molar-refractivity contribution in [1.29, 1.82) is 0 Å². The molecule has 0 spiro atoms. The Balaban J connectivity index is 2.42. The number of anilines is 1. The van der Waals surface area contributed by atoms with Crippen LogP contribution < -0.4 is 10.3 Å². The van der Waals surface area contributed by atoms with Gasteiger partial charge in [0.15, 0.2) is 5.69 Å². The summed E-state index contributed by atoms with van der Waals surface area (Å²) in [6.45, 7) is 3.61. The van der Waals surface area contributed by atoms with Gasteiger partial charge < -0.3 is 9.67 Å². The maximum absolute atomic E-state index is 12.3. The van der Waals surface area contributed by atoms with Gasteiger partial charge in [0.25, 0.3) is 15.6 Å². The summed E-state index contributed by atoms with van der Waals surface area (Å²) < 4.78 is 28.2. The largest absolute Gasteiger partial charge is 0.477 e. The highest BCUT2D eigenvalue weighted by atomic mass is 32.2. The van der Waals surface area contributed by atoms with Crippen LogP contribution in [0, 0.1) is 6.92 Å². The van der Waals surface area contributed by atoms with Crippen molar-refractivity contribution in [1.82, 2.24) is 9.55 Å². The molecule has 0 amide bonds. The van der Waals surface area contributed by atoms with E-state index >= 15 is 0 Å². The van der Waals surface area contributed by atoms with Gasteiger partial charge >= 0.3 is 5.97 Å². The molecular formula is C14H15N3O5S. The Hall–Kier alpha value is -2.68. The van der Waals surface area contributed by atoms with Gasteiger partial charge in [-0.1, -0.05) is 0 Å². The number of rotatable bonds is 5. The topological polar surface area (TPSA) is 118 Å². The molecule has 122 valence electrons. The van der Waals surface area contributed by atoms with Gasteiger partial charge in [0.05, 0.1) is 0 Å². The maximum atomic E-state index is 12.3. The van der Waals surface area contributed by atoms with Crippen LogP contribution in [0.15, 0.2) is 40.3 Å². The van der Waals surface area contributed by atoms with E-state index in [0.717, 1.165) is 6.20 Å². The summed E-state index contributed by atoms with van der Waals surface area (Å²) in [6, 6.07) is 4.11. The summed E-state index contributed by atoms with van der Waals surface area (Å²) in [7, 11) is -4.04. The molecule has 2 aromatic heterocycles. The Labute approximate surface area is 132 Å². The van der Waals surface area contributed by atoms with Crippen LogP contribution in [-0.2, 0) is 16.6 Å². The van der Waals surface area contributed by atoms with E-state index in [4.69, 9.17) is 5.11 Å². The molecule has 0 atom stereocenters. The van der Waals surface area contributed by atoms with Crippen molar-refractivity contribution in [3.63, 3.8) is 0 Å². The third-order valence-corrected chi connectivity index (χ3v) is 4.50. The van der Waals surface area contributed by atoms with Crippen LogP contribution in [0.25, 0.3) is 0 Å². The highest BCUT2D eigenvalue weighted by Crippen LogP contribution is 2.16. The Morgan fingerprint density at radius 1 is 1.43 bits per heavy atom. The van der Waals surface area contributed by atoms with Crippen molar-refractivity contribution in [3.8, 4) is 0 Å². The predicted molar refractivity (Wildman–Crippen MR) is 83.1 cm³/mol. The number of aromatic nitrogens is 2. The minimum absolute atomic E-state index is 0.0886. The number of hydrogen-bond donors (Lipinski definition) is 2. The molecule has 2 rings (SSSR count). The van der Waals surface area contributed by atoms with Crippen LogP contribution in [0.4, 0.5) is 5.69 Å². The molecule has 0 fully saturated rings. The van der Waals surface area contributed by atoms with Gasteiger partial charge in [-0.25, -0.2) is 18.2 Å². The Morgan fingerprint density at radius 2 is 2.13 bits per heavy atom. The van der Waals surface area contributed by atoms with Crippen molar-refractivity contribution in [2.75, 3.05) is 4.72 Å². The summed E-state index contributed by atoms with van der Waals surface area (Å²) in [4.78, 5) is 26.4. The molecule has 0 unspecified atom stereocenters. The third kappa shape index (κ3) is 3.39. The molecule has 2 N–H and O–H groups in total. The zero-order valence-electron chi connectivity index (χ0n) is 12.5. The molecule has 0 aliphatic rings. The monoisotopic (exact) mass is 337 g/mol. The number of nitrogens with zero attached hydrogens (tertiary/aromatic N) is 2. The van der Waals surface area contributed by atoms with Gasteiger partial charge in [0, 0.05) is 18.9 Å². The van der Waals surface area contributed by atoms with Crippen molar-refractivity contribution < 1.29 is 18.3 Å². The van der Waals surface area contributed by atoms with Crippen LogP contribution in [0.5, 0.6) is 0 Å². The number of aromatic carboxylic acids is 1. The van der Waals surface area contributed by atoms with Crippen LogP contribution in [0.2, 0.25) is 0 Å². The summed E-state index contributed by atoms with van der Waals surface area (Å²) in [5, 5.41) is 8.92. The molecular weight excluding hydrogens is 322 g/mol. The third-order valence-electron chi connectivity index (χ3n) is 3.17. The number of pyridine rings is 2. The molecule has 2 aromatic rings. The minimum Gasteiger partial charge on any atom is -0.477 e. The molecule has 0 saturated heterocycles. The summed E-state index contributed by atoms with van der Waals surface area (Å²) >= 11 is 0. The van der Waals surface area contributed by atoms with E-state index in [-0.39, 0.29) is 21.8 Å². The first-order valence-electron chi connectivity index (χ1n) is 6.68. The van der Waals surface area contributed by atoms with E-state index in [1.165, 1.54) is 23.6 Å². The van der Waals surface area contributed by atoms with Crippen molar-refractivity contribution in [2.24, 2.45) is 0 Å². The molecule has 0 aliphatic heterocycles. The van der Waals surface area contributed by atoms with Crippen molar-refractivity contribution in [2.45, 2.75) is 25.3 Å². The van der Waals surface area contributed by atoms with E-state index in [2.05, 4.69) is 9.71 Å². The SMILES string of the molecule is CCn1cccc(NS(=O)(=O)c2cnc(C(=O)O)c(C)c2)c1=O. The first kappa shape index (κ1) is 16.7. The number of carboxylic acid groups (broad SMARTS) is 1. The smallest absolute Gasteiger partial charge is 0.354 e. The standard InChI is InChI=1S/C14H15N3O5S/c1-3-17-6-4-5-11(13(17)18)16-23(21,22)10-7-9(2)12(14(19)20)15-8-10/h4-8,16H,3H2,1-2H3,(H,19,20).